The number of hydrogen-bond donors (Lipinski definition) is 0. The standard InChI is InChI=1S/C16H18N2O4S2/c1-11-10-18(6-7-22-11)16-17-9-14(23-16)15(19)12-4-3-5-13(8-12)24(2,20)21/h3-5,8-9,11H,6-7,10H2,1-2H3/t11-/m1/s1. The summed E-state index contributed by atoms with van der Waals surface area (Å²) in [6.07, 6.45) is 2.81. The van der Waals surface area contributed by atoms with Gasteiger partial charge in [-0.05, 0) is 19.1 Å². The van der Waals surface area contributed by atoms with Gasteiger partial charge in [0.1, 0.15) is 0 Å². The number of carbonyl (C=O) groups excluding carboxylic acids is 1. The van der Waals surface area contributed by atoms with E-state index in [1.807, 2.05) is 6.92 Å². The topological polar surface area (TPSA) is 76.6 Å². The van der Waals surface area contributed by atoms with E-state index >= 15 is 0 Å². The number of anilines is 1. The molecule has 0 spiro atoms. The van der Waals surface area contributed by atoms with Gasteiger partial charge in [-0.25, -0.2) is 13.4 Å². The fourth-order valence-electron chi connectivity index (χ4n) is 2.52. The number of thiazole rings is 1. The van der Waals surface area contributed by atoms with E-state index in [0.717, 1.165) is 24.5 Å². The molecule has 0 radical (unpaired) electrons. The van der Waals surface area contributed by atoms with Gasteiger partial charge in [-0.15, -0.1) is 0 Å². The summed E-state index contributed by atoms with van der Waals surface area (Å²) < 4.78 is 28.8. The molecular weight excluding hydrogens is 348 g/mol. The van der Waals surface area contributed by atoms with Crippen LogP contribution in [0.5, 0.6) is 0 Å². The molecule has 128 valence electrons. The van der Waals surface area contributed by atoms with E-state index in [-0.39, 0.29) is 16.8 Å². The summed E-state index contributed by atoms with van der Waals surface area (Å²) in [5, 5.41) is 0.785. The molecule has 2 heterocycles. The second kappa shape index (κ2) is 6.62. The first-order valence-electron chi connectivity index (χ1n) is 7.52. The monoisotopic (exact) mass is 366 g/mol. The third kappa shape index (κ3) is 3.66. The number of sulfone groups is 1. The van der Waals surface area contributed by atoms with Crippen molar-refractivity contribution in [2.24, 2.45) is 0 Å². The molecule has 8 heteroatoms. The first kappa shape index (κ1) is 17.1. The van der Waals surface area contributed by atoms with Crippen molar-refractivity contribution in [1.82, 2.24) is 4.98 Å². The summed E-state index contributed by atoms with van der Waals surface area (Å²) in [7, 11) is -3.35. The smallest absolute Gasteiger partial charge is 0.204 e. The maximum absolute atomic E-state index is 12.6. The fourth-order valence-corrected chi connectivity index (χ4v) is 4.10. The lowest BCUT2D eigenvalue weighted by Gasteiger charge is -2.30. The van der Waals surface area contributed by atoms with Crippen LogP contribution in [-0.4, -0.2) is 51.2 Å². The zero-order valence-corrected chi connectivity index (χ0v) is 15.1. The summed E-state index contributed by atoms with van der Waals surface area (Å²) in [5.74, 6) is -0.217. The quantitative estimate of drug-likeness (QED) is 0.771. The van der Waals surface area contributed by atoms with Gasteiger partial charge in [-0.2, -0.15) is 0 Å². The van der Waals surface area contributed by atoms with Gasteiger partial charge >= 0.3 is 0 Å². The van der Waals surface area contributed by atoms with Crippen LogP contribution in [0.3, 0.4) is 0 Å². The number of ether oxygens (including phenoxy) is 1. The van der Waals surface area contributed by atoms with Crippen LogP contribution in [0.25, 0.3) is 0 Å². The van der Waals surface area contributed by atoms with E-state index < -0.39 is 9.84 Å². The molecule has 1 aromatic heterocycles. The summed E-state index contributed by atoms with van der Waals surface area (Å²) in [5.41, 5.74) is 0.350. The number of carbonyl (C=O) groups is 1. The molecule has 1 fully saturated rings. The Balaban J connectivity index is 1.84. The van der Waals surface area contributed by atoms with E-state index in [1.54, 1.807) is 18.3 Å². The molecule has 1 atom stereocenters. The molecule has 6 nitrogen and oxygen atoms in total. The van der Waals surface area contributed by atoms with Gasteiger partial charge in [0.2, 0.25) is 5.78 Å². The molecule has 0 N–H and O–H groups in total. The highest BCUT2D eigenvalue weighted by Crippen LogP contribution is 2.26. The van der Waals surface area contributed by atoms with Gasteiger partial charge < -0.3 is 9.64 Å². The average molecular weight is 366 g/mol. The van der Waals surface area contributed by atoms with E-state index in [1.165, 1.54) is 23.5 Å². The number of ketones is 1. The van der Waals surface area contributed by atoms with Crippen LogP contribution in [-0.2, 0) is 14.6 Å². The minimum absolute atomic E-state index is 0.133. The second-order valence-corrected chi connectivity index (χ2v) is 8.79. The lowest BCUT2D eigenvalue weighted by Crippen LogP contribution is -2.41. The fraction of sp³-hybridized carbons (Fsp3) is 0.375. The van der Waals surface area contributed by atoms with Crippen molar-refractivity contribution in [3.05, 3.63) is 40.9 Å². The van der Waals surface area contributed by atoms with Crippen LogP contribution >= 0.6 is 11.3 Å². The predicted octanol–water partition coefficient (Wildman–Crippen LogP) is 2.00. The van der Waals surface area contributed by atoms with Gasteiger partial charge in [-0.3, -0.25) is 4.79 Å². The van der Waals surface area contributed by atoms with Crippen LogP contribution in [0.2, 0.25) is 0 Å². The molecule has 1 aliphatic heterocycles. The third-order valence-electron chi connectivity index (χ3n) is 3.75. The maximum Gasteiger partial charge on any atom is 0.204 e. The average Bonchev–Trinajstić information content (AvgIpc) is 3.03. The number of hydrogen-bond acceptors (Lipinski definition) is 7. The molecule has 24 heavy (non-hydrogen) atoms. The Morgan fingerprint density at radius 1 is 1.42 bits per heavy atom. The minimum Gasteiger partial charge on any atom is -0.375 e. The minimum atomic E-state index is -3.35. The molecule has 1 saturated heterocycles. The van der Waals surface area contributed by atoms with Crippen molar-refractivity contribution in [2.75, 3.05) is 30.9 Å². The first-order chi connectivity index (χ1) is 11.3. The summed E-state index contributed by atoms with van der Waals surface area (Å²) in [6, 6.07) is 6.09. The summed E-state index contributed by atoms with van der Waals surface area (Å²) in [6.45, 7) is 4.13. The maximum atomic E-state index is 12.6. The Kier molecular flexibility index (Phi) is 4.71. The summed E-state index contributed by atoms with van der Waals surface area (Å²) >= 11 is 1.32. The molecule has 1 aliphatic rings. The van der Waals surface area contributed by atoms with E-state index in [2.05, 4.69) is 9.88 Å². The highest BCUT2D eigenvalue weighted by molar-refractivity contribution is 7.90. The molecule has 0 unspecified atom stereocenters. The van der Waals surface area contributed by atoms with Gasteiger partial charge in [-0.1, -0.05) is 23.5 Å². The third-order valence-corrected chi connectivity index (χ3v) is 5.92. The van der Waals surface area contributed by atoms with Gasteiger partial charge in [0.15, 0.2) is 15.0 Å². The molecule has 0 bridgehead atoms. The second-order valence-electron chi connectivity index (χ2n) is 5.76. The van der Waals surface area contributed by atoms with Crippen molar-refractivity contribution in [1.29, 1.82) is 0 Å². The van der Waals surface area contributed by atoms with Crippen LogP contribution in [0.4, 0.5) is 5.13 Å². The van der Waals surface area contributed by atoms with Crippen molar-refractivity contribution in [2.45, 2.75) is 17.9 Å². The predicted molar refractivity (Wildman–Crippen MR) is 92.7 cm³/mol. The van der Waals surface area contributed by atoms with Gasteiger partial charge in [0, 0.05) is 24.9 Å². The Hall–Kier alpha value is -1.77. The molecule has 0 amide bonds. The number of morpholine rings is 1. The van der Waals surface area contributed by atoms with Crippen LogP contribution in [0.15, 0.2) is 35.4 Å². The Labute approximate surface area is 145 Å². The van der Waals surface area contributed by atoms with Crippen LogP contribution in [0, 0.1) is 0 Å². The molecular formula is C16H18N2O4S2. The van der Waals surface area contributed by atoms with E-state index in [4.69, 9.17) is 4.74 Å². The number of nitrogens with zero attached hydrogens (tertiary/aromatic N) is 2. The van der Waals surface area contributed by atoms with Crippen molar-refractivity contribution in [3.63, 3.8) is 0 Å². The van der Waals surface area contributed by atoms with E-state index in [0.29, 0.717) is 17.0 Å². The zero-order valence-electron chi connectivity index (χ0n) is 13.4. The lowest BCUT2D eigenvalue weighted by atomic mass is 10.1. The zero-order chi connectivity index (χ0) is 17.3. The van der Waals surface area contributed by atoms with E-state index in [9.17, 15) is 13.2 Å². The first-order valence-corrected chi connectivity index (χ1v) is 10.2. The Morgan fingerprint density at radius 3 is 2.92 bits per heavy atom. The summed E-state index contributed by atoms with van der Waals surface area (Å²) in [4.78, 5) is 19.7. The van der Waals surface area contributed by atoms with Crippen molar-refractivity contribution >= 4 is 32.1 Å². The number of benzene rings is 1. The van der Waals surface area contributed by atoms with Crippen molar-refractivity contribution in [3.8, 4) is 0 Å². The van der Waals surface area contributed by atoms with Gasteiger partial charge in [0.25, 0.3) is 0 Å². The Morgan fingerprint density at radius 2 is 2.21 bits per heavy atom. The molecule has 1 aromatic carbocycles. The molecule has 0 saturated carbocycles. The van der Waals surface area contributed by atoms with Crippen molar-refractivity contribution < 1.29 is 17.9 Å². The Bertz CT molecular complexity index is 860. The largest absolute Gasteiger partial charge is 0.375 e. The van der Waals surface area contributed by atoms with Gasteiger partial charge in [0.05, 0.1) is 28.7 Å². The lowest BCUT2D eigenvalue weighted by molar-refractivity contribution is 0.0532. The molecule has 0 aliphatic carbocycles. The SMILES string of the molecule is C[C@@H]1CN(c2ncc(C(=O)c3cccc(S(C)(=O)=O)c3)s2)CCO1. The molecule has 2 aromatic rings. The van der Waals surface area contributed by atoms with Crippen LogP contribution < -0.4 is 4.90 Å². The highest BCUT2D eigenvalue weighted by Gasteiger charge is 2.22. The number of aromatic nitrogens is 1. The number of rotatable bonds is 4. The molecule has 3 rings (SSSR count). The normalized spacial score (nSPS) is 18.6. The van der Waals surface area contributed by atoms with Crippen LogP contribution in [0.1, 0.15) is 22.2 Å². The highest BCUT2D eigenvalue weighted by atomic mass is 32.2.